The molecule has 1 aromatic heterocycles. The van der Waals surface area contributed by atoms with Crippen molar-refractivity contribution in [3.63, 3.8) is 0 Å². The van der Waals surface area contributed by atoms with Gasteiger partial charge in [-0.05, 0) is 12.1 Å². The lowest BCUT2D eigenvalue weighted by Crippen LogP contribution is -2.04. The van der Waals surface area contributed by atoms with E-state index in [9.17, 15) is 13.2 Å². The van der Waals surface area contributed by atoms with E-state index < -0.39 is 11.7 Å². The molecule has 0 aliphatic heterocycles. The van der Waals surface area contributed by atoms with Gasteiger partial charge in [0, 0.05) is 5.56 Å². The Morgan fingerprint density at radius 1 is 1.29 bits per heavy atom. The summed E-state index contributed by atoms with van der Waals surface area (Å²) in [5.74, 6) is 0.461. The van der Waals surface area contributed by atoms with Gasteiger partial charge in [0.05, 0.1) is 10.9 Å². The highest BCUT2D eigenvalue weighted by Gasteiger charge is 2.30. The molecule has 0 saturated heterocycles. The monoisotopic (exact) mass is 306 g/mol. The van der Waals surface area contributed by atoms with Crippen LogP contribution in [-0.4, -0.2) is 10.1 Å². The highest BCUT2D eigenvalue weighted by atomic mass is 79.9. The third-order valence-corrected chi connectivity index (χ3v) is 2.51. The molecule has 0 radical (unpaired) electrons. The Balaban J connectivity index is 2.39. The molecule has 2 rings (SSSR count). The lowest BCUT2D eigenvalue weighted by Gasteiger charge is -2.06. The van der Waals surface area contributed by atoms with Crippen molar-refractivity contribution < 1.29 is 17.7 Å². The van der Waals surface area contributed by atoms with Crippen molar-refractivity contribution in [2.45, 2.75) is 11.5 Å². The largest absolute Gasteiger partial charge is 0.416 e. The minimum atomic E-state index is -4.38. The van der Waals surface area contributed by atoms with E-state index in [0.29, 0.717) is 11.2 Å². The van der Waals surface area contributed by atoms with Gasteiger partial charge in [-0.1, -0.05) is 33.2 Å². The van der Waals surface area contributed by atoms with Crippen LogP contribution >= 0.6 is 15.9 Å². The number of halogens is 4. The van der Waals surface area contributed by atoms with Crippen LogP contribution in [-0.2, 0) is 11.5 Å². The molecule has 1 heterocycles. The molecular weight excluding hydrogens is 301 g/mol. The standard InChI is InChI=1S/C10H6BrF3N2O/c11-5-8-15-9(16-17-8)6-2-1-3-7(4-6)10(12,13)14/h1-4H,5H2. The van der Waals surface area contributed by atoms with Crippen LogP contribution in [0.2, 0.25) is 0 Å². The molecule has 7 heteroatoms. The molecule has 0 bridgehead atoms. The van der Waals surface area contributed by atoms with Gasteiger partial charge in [0.15, 0.2) is 0 Å². The predicted molar refractivity (Wildman–Crippen MR) is 57.4 cm³/mol. The van der Waals surface area contributed by atoms with Crippen molar-refractivity contribution in [1.29, 1.82) is 0 Å². The van der Waals surface area contributed by atoms with Crippen LogP contribution in [0.15, 0.2) is 28.8 Å². The first-order valence-electron chi connectivity index (χ1n) is 4.57. The lowest BCUT2D eigenvalue weighted by molar-refractivity contribution is -0.137. The molecule has 0 atom stereocenters. The molecule has 0 fully saturated rings. The van der Waals surface area contributed by atoms with Crippen LogP contribution in [0.1, 0.15) is 11.5 Å². The van der Waals surface area contributed by atoms with E-state index in [-0.39, 0.29) is 11.4 Å². The first-order valence-corrected chi connectivity index (χ1v) is 5.69. The molecule has 0 saturated carbocycles. The van der Waals surface area contributed by atoms with Crippen molar-refractivity contribution in [2.24, 2.45) is 0 Å². The number of aromatic nitrogens is 2. The molecule has 2 aromatic rings. The van der Waals surface area contributed by atoms with Crippen molar-refractivity contribution in [2.75, 3.05) is 0 Å². The Morgan fingerprint density at radius 2 is 2.06 bits per heavy atom. The molecule has 0 spiro atoms. The average Bonchev–Trinajstić information content (AvgIpc) is 2.76. The Labute approximate surface area is 103 Å². The summed E-state index contributed by atoms with van der Waals surface area (Å²) in [6, 6.07) is 4.79. The van der Waals surface area contributed by atoms with Crippen LogP contribution in [0.4, 0.5) is 13.2 Å². The highest BCUT2D eigenvalue weighted by molar-refractivity contribution is 9.08. The van der Waals surface area contributed by atoms with Gasteiger partial charge in [-0.2, -0.15) is 18.2 Å². The average molecular weight is 307 g/mol. The number of rotatable bonds is 2. The van der Waals surface area contributed by atoms with Crippen molar-refractivity contribution in [3.8, 4) is 11.4 Å². The van der Waals surface area contributed by atoms with E-state index in [0.717, 1.165) is 12.1 Å². The number of benzene rings is 1. The summed E-state index contributed by atoms with van der Waals surface area (Å²) in [4.78, 5) is 3.93. The molecule has 0 aliphatic carbocycles. The molecule has 3 nitrogen and oxygen atoms in total. The molecule has 0 N–H and O–H groups in total. The van der Waals surface area contributed by atoms with Crippen LogP contribution in [0.25, 0.3) is 11.4 Å². The number of nitrogens with zero attached hydrogens (tertiary/aromatic N) is 2. The fraction of sp³-hybridized carbons (Fsp3) is 0.200. The van der Waals surface area contributed by atoms with Crippen molar-refractivity contribution in [3.05, 3.63) is 35.7 Å². The van der Waals surface area contributed by atoms with Gasteiger partial charge >= 0.3 is 6.18 Å². The van der Waals surface area contributed by atoms with Crippen LogP contribution in [0.3, 0.4) is 0 Å². The molecule has 17 heavy (non-hydrogen) atoms. The van der Waals surface area contributed by atoms with Gasteiger partial charge in [0.2, 0.25) is 11.7 Å². The summed E-state index contributed by atoms with van der Waals surface area (Å²) in [6.07, 6.45) is -4.38. The van der Waals surface area contributed by atoms with Crippen molar-refractivity contribution in [1.82, 2.24) is 10.1 Å². The first kappa shape index (κ1) is 12.1. The van der Waals surface area contributed by atoms with Crippen LogP contribution in [0.5, 0.6) is 0 Å². The summed E-state index contributed by atoms with van der Waals surface area (Å²) < 4.78 is 42.3. The Hall–Kier alpha value is -1.37. The maximum Gasteiger partial charge on any atom is 0.416 e. The van der Waals surface area contributed by atoms with Gasteiger partial charge in [-0.25, -0.2) is 0 Å². The maximum atomic E-state index is 12.5. The lowest BCUT2D eigenvalue weighted by atomic mass is 10.1. The number of hydrogen-bond acceptors (Lipinski definition) is 3. The summed E-state index contributed by atoms with van der Waals surface area (Å²) in [6.45, 7) is 0. The third kappa shape index (κ3) is 2.66. The summed E-state index contributed by atoms with van der Waals surface area (Å²) in [7, 11) is 0. The zero-order valence-electron chi connectivity index (χ0n) is 8.33. The second-order valence-corrected chi connectivity index (χ2v) is 3.78. The Kier molecular flexibility index (Phi) is 3.19. The summed E-state index contributed by atoms with van der Waals surface area (Å²) >= 11 is 3.11. The maximum absolute atomic E-state index is 12.5. The number of alkyl halides is 4. The molecule has 0 aliphatic rings. The van der Waals surface area contributed by atoms with Gasteiger partial charge < -0.3 is 4.52 Å². The van der Waals surface area contributed by atoms with Gasteiger partial charge in [-0.15, -0.1) is 0 Å². The molecule has 1 aromatic carbocycles. The minimum Gasteiger partial charge on any atom is -0.338 e. The third-order valence-electron chi connectivity index (χ3n) is 2.03. The Bertz CT molecular complexity index is 524. The van der Waals surface area contributed by atoms with Crippen molar-refractivity contribution >= 4 is 15.9 Å². The fourth-order valence-electron chi connectivity index (χ4n) is 1.26. The quantitative estimate of drug-likeness (QED) is 0.795. The van der Waals surface area contributed by atoms with E-state index in [1.807, 2.05) is 0 Å². The van der Waals surface area contributed by atoms with Crippen LogP contribution in [0, 0.1) is 0 Å². The second kappa shape index (κ2) is 4.48. The zero-order chi connectivity index (χ0) is 12.5. The SMILES string of the molecule is FC(F)(F)c1cccc(-c2noc(CBr)n2)c1. The van der Waals surface area contributed by atoms with E-state index in [1.54, 1.807) is 0 Å². The van der Waals surface area contributed by atoms with E-state index >= 15 is 0 Å². The molecule has 90 valence electrons. The summed E-state index contributed by atoms with van der Waals surface area (Å²) in [5, 5.41) is 3.96. The summed E-state index contributed by atoms with van der Waals surface area (Å²) in [5.41, 5.74) is -0.462. The van der Waals surface area contributed by atoms with Crippen LogP contribution < -0.4 is 0 Å². The van der Waals surface area contributed by atoms with Gasteiger partial charge in [0.1, 0.15) is 0 Å². The normalized spacial score (nSPS) is 11.8. The molecule has 0 unspecified atom stereocenters. The highest BCUT2D eigenvalue weighted by Crippen LogP contribution is 2.31. The minimum absolute atomic E-state index is 0.144. The smallest absolute Gasteiger partial charge is 0.338 e. The molecule has 0 amide bonds. The Morgan fingerprint density at radius 3 is 2.65 bits per heavy atom. The predicted octanol–water partition coefficient (Wildman–Crippen LogP) is 3.65. The van der Waals surface area contributed by atoms with E-state index in [4.69, 9.17) is 4.52 Å². The zero-order valence-corrected chi connectivity index (χ0v) is 9.92. The van der Waals surface area contributed by atoms with Gasteiger partial charge in [0.25, 0.3) is 0 Å². The first-order chi connectivity index (χ1) is 8.00. The number of hydrogen-bond donors (Lipinski definition) is 0. The fourth-order valence-corrected chi connectivity index (χ4v) is 1.49. The topological polar surface area (TPSA) is 38.9 Å². The van der Waals surface area contributed by atoms with E-state index in [1.165, 1.54) is 12.1 Å². The second-order valence-electron chi connectivity index (χ2n) is 3.22. The van der Waals surface area contributed by atoms with E-state index in [2.05, 4.69) is 26.1 Å². The van der Waals surface area contributed by atoms with Gasteiger partial charge in [-0.3, -0.25) is 0 Å². The molecular formula is C10H6BrF3N2O.